The van der Waals surface area contributed by atoms with Crippen molar-refractivity contribution in [1.29, 1.82) is 0 Å². The van der Waals surface area contributed by atoms with Crippen LogP contribution in [0.3, 0.4) is 0 Å². The third-order valence-corrected chi connectivity index (χ3v) is 7.81. The van der Waals surface area contributed by atoms with Gasteiger partial charge in [-0.3, -0.25) is 9.10 Å². The second-order valence-corrected chi connectivity index (χ2v) is 9.64. The number of nitrogens with zero attached hydrogens (tertiary/aromatic N) is 2. The Morgan fingerprint density at radius 1 is 1.12 bits per heavy atom. The van der Waals surface area contributed by atoms with Gasteiger partial charge in [-0.1, -0.05) is 24.3 Å². The molecule has 0 N–H and O–H groups in total. The van der Waals surface area contributed by atoms with Crippen molar-refractivity contribution in [3.8, 4) is 0 Å². The fraction of sp³-hybridized carbons (Fsp3) is 0.450. The second-order valence-electron chi connectivity index (χ2n) is 7.81. The van der Waals surface area contributed by atoms with Gasteiger partial charge >= 0.3 is 0 Å². The highest BCUT2D eigenvalue weighted by molar-refractivity contribution is 7.93. The van der Waals surface area contributed by atoms with Gasteiger partial charge in [-0.2, -0.15) is 0 Å². The molecular weight excluding hydrogens is 348 g/mol. The standard InChI is InChI=1S/C20H22N2O3S/c1-21(20(14-8-9-14)15-10-11-15)18(23)12-22-16-6-2-4-13-5-3-7-17(19(13)16)26(22,24)25/h2-7,14-15,20H,8-12H2,1H3. The van der Waals surface area contributed by atoms with Crippen molar-refractivity contribution in [2.24, 2.45) is 11.8 Å². The minimum Gasteiger partial charge on any atom is -0.341 e. The number of sulfonamides is 1. The Kier molecular flexibility index (Phi) is 3.38. The fourth-order valence-electron chi connectivity index (χ4n) is 4.42. The van der Waals surface area contributed by atoms with Gasteiger partial charge in [-0.15, -0.1) is 0 Å². The first-order valence-electron chi connectivity index (χ1n) is 9.28. The number of carbonyl (C=O) groups is 1. The van der Waals surface area contributed by atoms with E-state index in [0.717, 1.165) is 10.8 Å². The molecule has 0 aromatic heterocycles. The number of benzene rings is 2. The van der Waals surface area contributed by atoms with Crippen molar-refractivity contribution >= 4 is 32.4 Å². The summed E-state index contributed by atoms with van der Waals surface area (Å²) in [6, 6.07) is 11.1. The molecule has 0 saturated heterocycles. The second kappa shape index (κ2) is 5.46. The number of hydrogen-bond donors (Lipinski definition) is 0. The lowest BCUT2D eigenvalue weighted by Gasteiger charge is -2.30. The summed E-state index contributed by atoms with van der Waals surface area (Å²) in [6.07, 6.45) is 4.74. The van der Waals surface area contributed by atoms with Crippen molar-refractivity contribution in [2.75, 3.05) is 17.9 Å². The van der Waals surface area contributed by atoms with E-state index in [1.54, 1.807) is 18.2 Å². The molecule has 2 aromatic rings. The molecule has 0 radical (unpaired) electrons. The monoisotopic (exact) mass is 370 g/mol. The third kappa shape index (κ3) is 2.35. The average molecular weight is 370 g/mol. The SMILES string of the molecule is CN(C(=O)CN1c2cccc3cccc(c23)S1(=O)=O)C(C1CC1)C1CC1. The van der Waals surface area contributed by atoms with Crippen LogP contribution in [0.2, 0.25) is 0 Å². The van der Waals surface area contributed by atoms with E-state index < -0.39 is 10.0 Å². The molecule has 1 heterocycles. The lowest BCUT2D eigenvalue weighted by molar-refractivity contribution is -0.131. The Morgan fingerprint density at radius 3 is 2.35 bits per heavy atom. The largest absolute Gasteiger partial charge is 0.341 e. The van der Waals surface area contributed by atoms with E-state index in [0.29, 0.717) is 22.4 Å². The first-order valence-corrected chi connectivity index (χ1v) is 10.7. The van der Waals surface area contributed by atoms with Gasteiger partial charge in [0, 0.05) is 18.5 Å². The maximum atomic E-state index is 13.0. The van der Waals surface area contributed by atoms with Crippen molar-refractivity contribution in [3.63, 3.8) is 0 Å². The molecule has 2 saturated carbocycles. The van der Waals surface area contributed by atoms with Crippen molar-refractivity contribution in [2.45, 2.75) is 36.6 Å². The summed E-state index contributed by atoms with van der Waals surface area (Å²) in [5, 5.41) is 1.62. The van der Waals surface area contributed by atoms with Crippen molar-refractivity contribution in [3.05, 3.63) is 36.4 Å². The van der Waals surface area contributed by atoms with Crippen LogP contribution >= 0.6 is 0 Å². The van der Waals surface area contributed by atoms with E-state index in [2.05, 4.69) is 0 Å². The van der Waals surface area contributed by atoms with Gasteiger partial charge in [0.15, 0.2) is 0 Å². The summed E-state index contributed by atoms with van der Waals surface area (Å²) in [6.45, 7) is -0.122. The number of likely N-dealkylation sites (N-methyl/N-ethyl adjacent to an activating group) is 1. The summed E-state index contributed by atoms with van der Waals surface area (Å²) in [4.78, 5) is 15.1. The molecule has 1 aliphatic heterocycles. The predicted octanol–water partition coefficient (Wildman–Crippen LogP) is 3.00. The van der Waals surface area contributed by atoms with E-state index >= 15 is 0 Å². The summed E-state index contributed by atoms with van der Waals surface area (Å²) < 4.78 is 27.4. The van der Waals surface area contributed by atoms with Gasteiger partial charge < -0.3 is 4.90 Å². The van der Waals surface area contributed by atoms with Gasteiger partial charge in [0.2, 0.25) is 5.91 Å². The van der Waals surface area contributed by atoms with Gasteiger partial charge in [-0.05, 0) is 55.0 Å². The van der Waals surface area contributed by atoms with Crippen LogP contribution in [-0.4, -0.2) is 38.9 Å². The molecule has 136 valence electrons. The molecule has 26 heavy (non-hydrogen) atoms. The van der Waals surface area contributed by atoms with Gasteiger partial charge in [0.05, 0.1) is 10.6 Å². The summed E-state index contributed by atoms with van der Waals surface area (Å²) in [7, 11) is -1.83. The normalized spacial score (nSPS) is 20.8. The van der Waals surface area contributed by atoms with E-state index in [9.17, 15) is 13.2 Å². The first-order chi connectivity index (χ1) is 12.5. The van der Waals surface area contributed by atoms with Gasteiger partial charge in [-0.25, -0.2) is 8.42 Å². The van der Waals surface area contributed by atoms with E-state index in [4.69, 9.17) is 0 Å². The molecule has 0 unspecified atom stereocenters. The number of rotatable bonds is 5. The Morgan fingerprint density at radius 2 is 1.73 bits per heavy atom. The zero-order valence-corrected chi connectivity index (χ0v) is 15.6. The van der Waals surface area contributed by atoms with Crippen LogP contribution in [0.5, 0.6) is 0 Å². The molecule has 2 aliphatic carbocycles. The summed E-state index contributed by atoms with van der Waals surface area (Å²) in [5.41, 5.74) is 0.620. The van der Waals surface area contributed by atoms with Crippen molar-refractivity contribution < 1.29 is 13.2 Å². The smallest absolute Gasteiger partial charge is 0.265 e. The number of amides is 1. The summed E-state index contributed by atoms with van der Waals surface area (Å²) in [5.74, 6) is 1.10. The van der Waals surface area contributed by atoms with Gasteiger partial charge in [0.25, 0.3) is 10.0 Å². The Labute approximate surface area is 153 Å². The number of hydrogen-bond acceptors (Lipinski definition) is 3. The molecule has 5 rings (SSSR count). The van der Waals surface area contributed by atoms with E-state index in [1.807, 2.05) is 30.1 Å². The molecule has 3 aliphatic rings. The van der Waals surface area contributed by atoms with Crippen LogP contribution in [-0.2, 0) is 14.8 Å². The fourth-order valence-corrected chi connectivity index (χ4v) is 6.08. The quantitative estimate of drug-likeness (QED) is 0.813. The topological polar surface area (TPSA) is 57.7 Å². The maximum absolute atomic E-state index is 13.0. The zero-order valence-electron chi connectivity index (χ0n) is 14.8. The Bertz CT molecular complexity index is 992. The molecular formula is C20H22N2O3S. The molecule has 0 atom stereocenters. The van der Waals surface area contributed by atoms with Crippen LogP contribution in [0, 0.1) is 11.8 Å². The Hall–Kier alpha value is -2.08. The lowest BCUT2D eigenvalue weighted by Crippen LogP contribution is -2.46. The Balaban J connectivity index is 1.47. The molecule has 5 nitrogen and oxygen atoms in total. The highest BCUT2D eigenvalue weighted by Gasteiger charge is 2.46. The lowest BCUT2D eigenvalue weighted by atomic mass is 10.1. The van der Waals surface area contributed by atoms with Crippen LogP contribution in [0.25, 0.3) is 10.8 Å². The summed E-state index contributed by atoms with van der Waals surface area (Å²) >= 11 is 0. The van der Waals surface area contributed by atoms with E-state index in [-0.39, 0.29) is 18.5 Å². The third-order valence-electron chi connectivity index (χ3n) is 6.01. The molecule has 2 fully saturated rings. The maximum Gasteiger partial charge on any atom is 0.265 e. The highest BCUT2D eigenvalue weighted by atomic mass is 32.2. The minimum atomic E-state index is -3.68. The zero-order chi connectivity index (χ0) is 18.1. The number of carbonyl (C=O) groups excluding carboxylic acids is 1. The predicted molar refractivity (Wildman–Crippen MR) is 100 cm³/mol. The van der Waals surface area contributed by atoms with Crippen LogP contribution < -0.4 is 4.31 Å². The molecule has 0 bridgehead atoms. The molecule has 1 amide bonds. The highest BCUT2D eigenvalue weighted by Crippen LogP contribution is 2.47. The minimum absolute atomic E-state index is 0.109. The molecule has 2 aromatic carbocycles. The van der Waals surface area contributed by atoms with Crippen LogP contribution in [0.15, 0.2) is 41.3 Å². The van der Waals surface area contributed by atoms with Crippen LogP contribution in [0.1, 0.15) is 25.7 Å². The van der Waals surface area contributed by atoms with Crippen molar-refractivity contribution in [1.82, 2.24) is 4.90 Å². The average Bonchev–Trinajstić information content (AvgIpc) is 3.53. The molecule has 6 heteroatoms. The number of anilines is 1. The van der Waals surface area contributed by atoms with Gasteiger partial charge in [0.1, 0.15) is 6.54 Å². The van der Waals surface area contributed by atoms with Crippen LogP contribution in [0.4, 0.5) is 5.69 Å². The molecule has 0 spiro atoms. The first kappa shape index (κ1) is 16.1. The van der Waals surface area contributed by atoms with E-state index in [1.165, 1.54) is 30.0 Å².